The third-order valence-corrected chi connectivity index (χ3v) is 4.62. The summed E-state index contributed by atoms with van der Waals surface area (Å²) in [7, 11) is 3.84. The monoisotopic (exact) mass is 336 g/mol. The molecule has 0 spiro atoms. The molecular weight excluding hydrogens is 312 g/mol. The first kappa shape index (κ1) is 17.1. The lowest BCUT2D eigenvalue weighted by atomic mass is 10.0. The first-order valence-corrected chi connectivity index (χ1v) is 8.51. The minimum absolute atomic E-state index is 0.0226. The molecule has 0 atom stereocenters. The minimum atomic E-state index is -0.0226. The van der Waals surface area contributed by atoms with E-state index in [1.807, 2.05) is 57.4 Å². The fourth-order valence-corrected chi connectivity index (χ4v) is 2.89. The Morgan fingerprint density at radius 2 is 1.80 bits per heavy atom. The van der Waals surface area contributed by atoms with Crippen molar-refractivity contribution < 1.29 is 9.53 Å². The molecule has 0 bridgehead atoms. The molecule has 4 heteroatoms. The summed E-state index contributed by atoms with van der Waals surface area (Å²) in [5.74, 6) is 0.713. The van der Waals surface area contributed by atoms with Gasteiger partial charge in [-0.1, -0.05) is 24.3 Å². The van der Waals surface area contributed by atoms with Gasteiger partial charge in [0.2, 0.25) is 0 Å². The van der Waals surface area contributed by atoms with Crippen molar-refractivity contribution in [3.05, 3.63) is 54.7 Å². The molecule has 0 saturated carbocycles. The molecule has 3 aromatic rings. The molecule has 0 radical (unpaired) electrons. The summed E-state index contributed by atoms with van der Waals surface area (Å²) in [6.07, 6.45) is 2.04. The molecule has 1 amide bonds. The van der Waals surface area contributed by atoms with E-state index in [9.17, 15) is 4.79 Å². The molecule has 4 nitrogen and oxygen atoms in total. The van der Waals surface area contributed by atoms with Crippen LogP contribution in [0, 0.1) is 0 Å². The Hall–Kier alpha value is -2.75. The average Bonchev–Trinajstić information content (AvgIpc) is 3.04. The number of hydrogen-bond acceptors (Lipinski definition) is 2. The molecule has 0 aliphatic heterocycles. The van der Waals surface area contributed by atoms with Crippen LogP contribution in [0.4, 0.5) is 0 Å². The van der Waals surface area contributed by atoms with Gasteiger partial charge in [-0.2, -0.15) is 0 Å². The van der Waals surface area contributed by atoms with Crippen molar-refractivity contribution >= 4 is 16.7 Å². The van der Waals surface area contributed by atoms with Crippen molar-refractivity contribution in [3.63, 3.8) is 0 Å². The van der Waals surface area contributed by atoms with Gasteiger partial charge in [-0.3, -0.25) is 4.79 Å². The van der Waals surface area contributed by atoms with E-state index in [4.69, 9.17) is 4.74 Å². The molecular formula is C21H24N2O2. The molecule has 25 heavy (non-hydrogen) atoms. The van der Waals surface area contributed by atoms with Gasteiger partial charge in [-0.25, -0.2) is 0 Å². The van der Waals surface area contributed by atoms with E-state index < -0.39 is 0 Å². The largest absolute Gasteiger partial charge is 0.483 e. The van der Waals surface area contributed by atoms with Crippen LogP contribution in [0.25, 0.3) is 22.0 Å². The third-order valence-electron chi connectivity index (χ3n) is 4.62. The fourth-order valence-electron chi connectivity index (χ4n) is 2.89. The number of carbonyl (C=O) groups excluding carboxylic acids is 1. The Bertz CT molecular complexity index is 896. The number of ether oxygens (including phenoxy) is 1. The van der Waals surface area contributed by atoms with Crippen LogP contribution in [0.1, 0.15) is 13.8 Å². The molecule has 0 unspecified atom stereocenters. The topological polar surface area (TPSA) is 34.5 Å². The standard InChI is InChI=1S/C21H24N2O2/c1-15(2)23(4)21(24)14-25-20-12-11-17(19-10-7-13-22(19)3)16-8-5-6-9-18(16)20/h5-13,15H,14H2,1-4H3. The lowest BCUT2D eigenvalue weighted by Gasteiger charge is -2.21. The molecule has 1 aromatic heterocycles. The summed E-state index contributed by atoms with van der Waals surface area (Å²) in [5, 5.41) is 2.13. The molecule has 1 heterocycles. The summed E-state index contributed by atoms with van der Waals surface area (Å²) in [6, 6.07) is 16.4. The number of rotatable bonds is 5. The van der Waals surface area contributed by atoms with Crippen molar-refractivity contribution in [2.45, 2.75) is 19.9 Å². The molecule has 130 valence electrons. The van der Waals surface area contributed by atoms with Crippen molar-refractivity contribution in [1.29, 1.82) is 0 Å². The van der Waals surface area contributed by atoms with Crippen molar-refractivity contribution in [2.75, 3.05) is 13.7 Å². The first-order valence-electron chi connectivity index (χ1n) is 8.51. The lowest BCUT2D eigenvalue weighted by molar-refractivity contribution is -0.133. The van der Waals surface area contributed by atoms with Gasteiger partial charge in [-0.05, 0) is 43.5 Å². The molecule has 0 fully saturated rings. The smallest absolute Gasteiger partial charge is 0.260 e. The average molecular weight is 336 g/mol. The van der Waals surface area contributed by atoms with Crippen molar-refractivity contribution in [3.8, 4) is 17.0 Å². The van der Waals surface area contributed by atoms with Gasteiger partial charge in [0.25, 0.3) is 5.91 Å². The maximum absolute atomic E-state index is 12.2. The highest BCUT2D eigenvalue weighted by molar-refractivity contribution is 5.99. The van der Waals surface area contributed by atoms with Crippen LogP contribution in [-0.4, -0.2) is 35.1 Å². The summed E-state index contributed by atoms with van der Waals surface area (Å²) in [5.41, 5.74) is 2.31. The van der Waals surface area contributed by atoms with Crippen molar-refractivity contribution in [2.24, 2.45) is 7.05 Å². The molecule has 3 rings (SSSR count). The normalized spacial score (nSPS) is 11.1. The number of aryl methyl sites for hydroxylation is 1. The van der Waals surface area contributed by atoms with Crippen LogP contribution in [-0.2, 0) is 11.8 Å². The fraction of sp³-hybridized carbons (Fsp3) is 0.286. The second-order valence-electron chi connectivity index (χ2n) is 6.55. The van der Waals surface area contributed by atoms with Crippen LogP contribution >= 0.6 is 0 Å². The Kier molecular flexibility index (Phi) is 4.79. The van der Waals surface area contributed by atoms with Crippen LogP contribution in [0.3, 0.4) is 0 Å². The van der Waals surface area contributed by atoms with Gasteiger partial charge in [0.1, 0.15) is 5.75 Å². The van der Waals surface area contributed by atoms with Gasteiger partial charge in [0, 0.05) is 43.0 Å². The van der Waals surface area contributed by atoms with Gasteiger partial charge < -0.3 is 14.2 Å². The molecule has 0 aliphatic rings. The van der Waals surface area contributed by atoms with E-state index >= 15 is 0 Å². The molecule has 0 saturated heterocycles. The SMILES string of the molecule is CC(C)N(C)C(=O)COc1ccc(-c2cccn2C)c2ccccc12. The quantitative estimate of drug-likeness (QED) is 0.703. The van der Waals surface area contributed by atoms with Crippen molar-refractivity contribution in [1.82, 2.24) is 9.47 Å². The van der Waals surface area contributed by atoms with E-state index in [0.717, 1.165) is 27.8 Å². The van der Waals surface area contributed by atoms with Crippen LogP contribution < -0.4 is 4.74 Å². The predicted molar refractivity (Wildman–Crippen MR) is 102 cm³/mol. The van der Waals surface area contributed by atoms with Gasteiger partial charge >= 0.3 is 0 Å². The summed E-state index contributed by atoms with van der Waals surface area (Å²) < 4.78 is 7.96. The highest BCUT2D eigenvalue weighted by Crippen LogP contribution is 2.34. The lowest BCUT2D eigenvalue weighted by Crippen LogP contribution is -2.36. The molecule has 2 aromatic carbocycles. The number of benzene rings is 2. The van der Waals surface area contributed by atoms with Gasteiger partial charge in [-0.15, -0.1) is 0 Å². The van der Waals surface area contributed by atoms with Crippen LogP contribution in [0.15, 0.2) is 54.7 Å². The number of fused-ring (bicyclic) bond motifs is 1. The second kappa shape index (κ2) is 7.01. The number of amides is 1. The first-order chi connectivity index (χ1) is 12.0. The minimum Gasteiger partial charge on any atom is -0.483 e. The van der Waals surface area contributed by atoms with E-state index in [0.29, 0.717) is 0 Å². The Morgan fingerprint density at radius 1 is 1.08 bits per heavy atom. The van der Waals surface area contributed by atoms with E-state index in [1.165, 1.54) is 0 Å². The highest BCUT2D eigenvalue weighted by atomic mass is 16.5. The molecule has 0 aliphatic carbocycles. The maximum atomic E-state index is 12.2. The number of carbonyl (C=O) groups is 1. The van der Waals surface area contributed by atoms with Crippen LogP contribution in [0.2, 0.25) is 0 Å². The Labute approximate surface area is 148 Å². The summed E-state index contributed by atoms with van der Waals surface area (Å²) in [4.78, 5) is 13.9. The number of likely N-dealkylation sites (N-methyl/N-ethyl adjacent to an activating group) is 1. The van der Waals surface area contributed by atoms with E-state index in [-0.39, 0.29) is 18.6 Å². The maximum Gasteiger partial charge on any atom is 0.260 e. The summed E-state index contributed by atoms with van der Waals surface area (Å²) in [6.45, 7) is 4.02. The summed E-state index contributed by atoms with van der Waals surface area (Å²) >= 11 is 0. The van der Waals surface area contributed by atoms with Crippen LogP contribution in [0.5, 0.6) is 5.75 Å². The third kappa shape index (κ3) is 3.38. The van der Waals surface area contributed by atoms with E-state index in [1.54, 1.807) is 11.9 Å². The Morgan fingerprint density at radius 3 is 2.44 bits per heavy atom. The van der Waals surface area contributed by atoms with Gasteiger partial charge in [0.15, 0.2) is 6.61 Å². The Balaban J connectivity index is 1.94. The predicted octanol–water partition coefficient (Wildman–Crippen LogP) is 4.09. The number of nitrogens with zero attached hydrogens (tertiary/aromatic N) is 2. The number of hydrogen-bond donors (Lipinski definition) is 0. The highest BCUT2D eigenvalue weighted by Gasteiger charge is 2.14. The zero-order valence-corrected chi connectivity index (χ0v) is 15.2. The molecule has 0 N–H and O–H groups in total. The zero-order valence-electron chi connectivity index (χ0n) is 15.2. The van der Waals surface area contributed by atoms with Gasteiger partial charge in [0.05, 0.1) is 0 Å². The zero-order chi connectivity index (χ0) is 18.0. The van der Waals surface area contributed by atoms with E-state index in [2.05, 4.69) is 22.8 Å². The second-order valence-corrected chi connectivity index (χ2v) is 6.55. The number of aromatic nitrogens is 1.